The van der Waals surface area contributed by atoms with Crippen molar-refractivity contribution in [1.82, 2.24) is 4.90 Å². The number of likely N-dealkylation sites (tertiary alicyclic amines) is 1. The Balaban J connectivity index is 1.56. The fourth-order valence-corrected chi connectivity index (χ4v) is 3.76. The number of para-hydroxylation sites is 1. The van der Waals surface area contributed by atoms with Crippen molar-refractivity contribution >= 4 is 17.7 Å². The van der Waals surface area contributed by atoms with E-state index in [1.165, 1.54) is 29.2 Å². The van der Waals surface area contributed by atoms with Crippen LogP contribution in [0.3, 0.4) is 0 Å². The first kappa shape index (κ1) is 16.6. The number of carbonyl (C=O) groups is 2. The lowest BCUT2D eigenvalue weighted by molar-refractivity contribution is -0.0367. The van der Waals surface area contributed by atoms with Crippen molar-refractivity contribution in [2.45, 2.75) is 18.4 Å². The first-order valence-corrected chi connectivity index (χ1v) is 8.61. The third kappa shape index (κ3) is 2.62. The number of amides is 2. The number of hydrogen-bond acceptors (Lipinski definition) is 3. The molecule has 2 heterocycles. The Morgan fingerprint density at radius 2 is 1.73 bits per heavy atom. The van der Waals surface area contributed by atoms with Gasteiger partial charge in [0, 0.05) is 44.1 Å². The molecule has 2 aromatic rings. The molecule has 1 spiro atoms. The molecule has 1 saturated heterocycles. The Morgan fingerprint density at radius 1 is 1.08 bits per heavy atom. The minimum absolute atomic E-state index is 0.132. The predicted octanol–water partition coefficient (Wildman–Crippen LogP) is 3.54. The maximum atomic E-state index is 13.1. The van der Waals surface area contributed by atoms with E-state index in [2.05, 4.69) is 0 Å². The van der Waals surface area contributed by atoms with Gasteiger partial charge in [-0.3, -0.25) is 9.69 Å². The number of hydrogen-bond donors (Lipinski definition) is 0. The molecular formula is C20H19FN2O3. The van der Waals surface area contributed by atoms with E-state index >= 15 is 0 Å². The normalized spacial score (nSPS) is 18.5. The number of nitrogens with zero attached hydrogens (tertiary/aromatic N) is 2. The van der Waals surface area contributed by atoms with Gasteiger partial charge in [0.1, 0.15) is 11.4 Å². The highest BCUT2D eigenvalue weighted by Gasteiger charge is 2.46. The van der Waals surface area contributed by atoms with E-state index in [-0.39, 0.29) is 17.8 Å². The average molecular weight is 354 g/mol. The Hall–Kier alpha value is -2.89. The number of benzene rings is 2. The second kappa shape index (κ2) is 6.12. The summed E-state index contributed by atoms with van der Waals surface area (Å²) in [6, 6.07) is 13.3. The van der Waals surface area contributed by atoms with Gasteiger partial charge < -0.3 is 9.64 Å². The molecule has 0 aromatic heterocycles. The van der Waals surface area contributed by atoms with E-state index in [1.807, 2.05) is 24.3 Å². The summed E-state index contributed by atoms with van der Waals surface area (Å²) in [5.74, 6) is -0.499. The van der Waals surface area contributed by atoms with E-state index in [0.717, 1.165) is 11.3 Å². The number of anilines is 1. The van der Waals surface area contributed by atoms with Crippen LogP contribution in [0.5, 0.6) is 0 Å². The number of ether oxygens (including phenoxy) is 1. The van der Waals surface area contributed by atoms with E-state index in [0.29, 0.717) is 31.5 Å². The highest BCUT2D eigenvalue weighted by atomic mass is 19.1. The van der Waals surface area contributed by atoms with Crippen LogP contribution in [0, 0.1) is 5.82 Å². The first-order valence-electron chi connectivity index (χ1n) is 8.61. The molecule has 2 amide bonds. The Kier molecular flexibility index (Phi) is 3.90. The highest BCUT2D eigenvalue weighted by Crippen LogP contribution is 2.45. The maximum absolute atomic E-state index is 13.1. The number of halogens is 1. The lowest BCUT2D eigenvalue weighted by Crippen LogP contribution is -2.51. The number of rotatable bonds is 1. The van der Waals surface area contributed by atoms with Gasteiger partial charge >= 0.3 is 6.09 Å². The first-order chi connectivity index (χ1) is 12.5. The molecule has 2 aliphatic heterocycles. The van der Waals surface area contributed by atoms with E-state index in [9.17, 15) is 14.0 Å². The molecule has 134 valence electrons. The summed E-state index contributed by atoms with van der Waals surface area (Å²) in [4.78, 5) is 28.2. The predicted molar refractivity (Wildman–Crippen MR) is 94.5 cm³/mol. The second-order valence-electron chi connectivity index (χ2n) is 6.74. The van der Waals surface area contributed by atoms with Crippen LogP contribution in [0.25, 0.3) is 0 Å². The third-order valence-corrected chi connectivity index (χ3v) is 5.26. The Labute approximate surface area is 151 Å². The molecule has 0 N–H and O–H groups in total. The molecule has 2 aliphatic rings. The standard InChI is InChI=1S/C20H19FN2O3/c1-22-17-5-3-2-4-16(17)20(26-19(22)25)10-12-23(13-11-20)18(24)14-6-8-15(21)9-7-14/h2-9H,10-13H2,1H3. The van der Waals surface area contributed by atoms with Crippen molar-refractivity contribution in [2.24, 2.45) is 0 Å². The Bertz CT molecular complexity index is 858. The summed E-state index contributed by atoms with van der Waals surface area (Å²) in [5, 5.41) is 0. The molecular weight excluding hydrogens is 335 g/mol. The van der Waals surface area contributed by atoms with Crippen molar-refractivity contribution < 1.29 is 18.7 Å². The molecule has 0 atom stereocenters. The third-order valence-electron chi connectivity index (χ3n) is 5.26. The van der Waals surface area contributed by atoms with Gasteiger partial charge in [0.15, 0.2) is 0 Å². The van der Waals surface area contributed by atoms with Gasteiger partial charge in [-0.1, -0.05) is 18.2 Å². The fraction of sp³-hybridized carbons (Fsp3) is 0.300. The lowest BCUT2D eigenvalue weighted by atomic mass is 9.82. The van der Waals surface area contributed by atoms with Crippen molar-refractivity contribution in [3.8, 4) is 0 Å². The van der Waals surface area contributed by atoms with Gasteiger partial charge in [0.25, 0.3) is 5.91 Å². The van der Waals surface area contributed by atoms with E-state index < -0.39 is 5.60 Å². The second-order valence-corrected chi connectivity index (χ2v) is 6.74. The fourth-order valence-electron chi connectivity index (χ4n) is 3.76. The quantitative estimate of drug-likeness (QED) is 0.787. The topological polar surface area (TPSA) is 49.9 Å². The molecule has 26 heavy (non-hydrogen) atoms. The molecule has 4 rings (SSSR count). The summed E-state index contributed by atoms with van der Waals surface area (Å²) < 4.78 is 18.9. The Morgan fingerprint density at radius 3 is 2.42 bits per heavy atom. The van der Waals surface area contributed by atoms with Gasteiger partial charge in [-0.2, -0.15) is 0 Å². The molecule has 0 bridgehead atoms. The molecule has 2 aromatic carbocycles. The van der Waals surface area contributed by atoms with Gasteiger partial charge in [-0.25, -0.2) is 9.18 Å². The van der Waals surface area contributed by atoms with E-state index in [4.69, 9.17) is 4.74 Å². The van der Waals surface area contributed by atoms with Crippen molar-refractivity contribution in [1.29, 1.82) is 0 Å². The van der Waals surface area contributed by atoms with Crippen molar-refractivity contribution in [3.63, 3.8) is 0 Å². The molecule has 0 saturated carbocycles. The zero-order valence-electron chi connectivity index (χ0n) is 14.4. The zero-order valence-corrected chi connectivity index (χ0v) is 14.4. The SMILES string of the molecule is CN1C(=O)OC2(CCN(C(=O)c3ccc(F)cc3)CC2)c2ccccc21. The summed E-state index contributed by atoms with van der Waals surface area (Å²) in [5.41, 5.74) is 1.60. The molecule has 0 radical (unpaired) electrons. The number of fused-ring (bicyclic) bond motifs is 2. The molecule has 6 heteroatoms. The van der Waals surface area contributed by atoms with Crippen LogP contribution in [0.4, 0.5) is 14.9 Å². The number of piperidine rings is 1. The average Bonchev–Trinajstić information content (AvgIpc) is 2.67. The maximum Gasteiger partial charge on any atom is 0.414 e. The monoisotopic (exact) mass is 354 g/mol. The van der Waals surface area contributed by atoms with Crippen molar-refractivity contribution in [2.75, 3.05) is 25.0 Å². The molecule has 0 unspecified atom stereocenters. The molecule has 0 aliphatic carbocycles. The smallest absolute Gasteiger partial charge is 0.414 e. The molecule has 5 nitrogen and oxygen atoms in total. The van der Waals surface area contributed by atoms with Crippen LogP contribution >= 0.6 is 0 Å². The summed E-state index contributed by atoms with van der Waals surface area (Å²) in [6.45, 7) is 0.947. The minimum atomic E-state index is -0.695. The van der Waals surface area contributed by atoms with Gasteiger partial charge in [-0.05, 0) is 30.3 Å². The van der Waals surface area contributed by atoms with Gasteiger partial charge in [0.05, 0.1) is 5.69 Å². The van der Waals surface area contributed by atoms with Gasteiger partial charge in [-0.15, -0.1) is 0 Å². The lowest BCUT2D eigenvalue weighted by Gasteiger charge is -2.46. The van der Waals surface area contributed by atoms with Crippen LogP contribution < -0.4 is 4.90 Å². The highest BCUT2D eigenvalue weighted by molar-refractivity contribution is 5.94. The minimum Gasteiger partial charge on any atom is -0.437 e. The van der Waals surface area contributed by atoms with Crippen LogP contribution in [-0.4, -0.2) is 37.0 Å². The number of carbonyl (C=O) groups excluding carboxylic acids is 2. The summed E-state index contributed by atoms with van der Waals surface area (Å²) >= 11 is 0. The van der Waals surface area contributed by atoms with Gasteiger partial charge in [0.2, 0.25) is 0 Å². The van der Waals surface area contributed by atoms with Crippen LogP contribution in [0.2, 0.25) is 0 Å². The molecule has 1 fully saturated rings. The van der Waals surface area contributed by atoms with Crippen LogP contribution in [0.1, 0.15) is 28.8 Å². The summed E-state index contributed by atoms with van der Waals surface area (Å²) in [7, 11) is 1.70. The largest absolute Gasteiger partial charge is 0.437 e. The van der Waals surface area contributed by atoms with Crippen LogP contribution in [0.15, 0.2) is 48.5 Å². The summed E-state index contributed by atoms with van der Waals surface area (Å²) in [6.07, 6.45) is 0.703. The van der Waals surface area contributed by atoms with Crippen LogP contribution in [-0.2, 0) is 10.3 Å². The van der Waals surface area contributed by atoms with E-state index in [1.54, 1.807) is 11.9 Å². The zero-order chi connectivity index (χ0) is 18.3. The van der Waals surface area contributed by atoms with Crippen molar-refractivity contribution in [3.05, 3.63) is 65.5 Å².